The average molecular weight is 242 g/mol. The van der Waals surface area contributed by atoms with Crippen molar-refractivity contribution in [1.82, 2.24) is 9.97 Å². The van der Waals surface area contributed by atoms with Gasteiger partial charge in [0.25, 0.3) is 0 Å². The van der Waals surface area contributed by atoms with Gasteiger partial charge in [0.05, 0.1) is 19.5 Å². The Bertz CT molecular complexity index is 544. The highest BCUT2D eigenvalue weighted by Gasteiger charge is 2.03. The van der Waals surface area contributed by atoms with Gasteiger partial charge in [-0.1, -0.05) is 6.42 Å². The van der Waals surface area contributed by atoms with Crippen molar-refractivity contribution in [3.63, 3.8) is 0 Å². The predicted octanol–water partition coefficient (Wildman–Crippen LogP) is 2.05. The molecule has 2 rings (SSSR count). The topological polar surface area (TPSA) is 53.5 Å². The van der Waals surface area contributed by atoms with E-state index in [-0.39, 0.29) is 0 Å². The lowest BCUT2D eigenvalue weighted by atomic mass is 10.2. The first kappa shape index (κ1) is 11.7. The molecule has 5 heteroatoms. The summed E-state index contributed by atoms with van der Waals surface area (Å²) in [5.41, 5.74) is 0.875. The van der Waals surface area contributed by atoms with Crippen molar-refractivity contribution in [3.05, 3.63) is 36.7 Å². The van der Waals surface area contributed by atoms with Crippen molar-refractivity contribution < 1.29 is 14.5 Å². The van der Waals surface area contributed by atoms with Crippen LogP contribution in [0.2, 0.25) is 0 Å². The second-order valence-electron chi connectivity index (χ2n) is 3.26. The van der Waals surface area contributed by atoms with E-state index in [0.29, 0.717) is 11.6 Å². The molecule has 1 aromatic carbocycles. The minimum absolute atomic E-state index is 0.338. The summed E-state index contributed by atoms with van der Waals surface area (Å²) < 4.78 is 5.07. The molecule has 5 nitrogen and oxygen atoms in total. The fourth-order valence-corrected chi connectivity index (χ4v) is 1.32. The molecule has 90 valence electrons. The van der Waals surface area contributed by atoms with E-state index in [1.54, 1.807) is 7.11 Å². The van der Waals surface area contributed by atoms with Crippen molar-refractivity contribution >= 4 is 0 Å². The van der Waals surface area contributed by atoms with Crippen LogP contribution in [0.25, 0.3) is 11.4 Å². The molecule has 0 fully saturated rings. The second kappa shape index (κ2) is 5.55. The Balaban J connectivity index is 2.15. The normalized spacial score (nSPS) is 9.33. The number of ether oxygens (including phenoxy) is 1. The molecule has 0 bridgehead atoms. The van der Waals surface area contributed by atoms with E-state index in [0.717, 1.165) is 11.3 Å². The van der Waals surface area contributed by atoms with Gasteiger partial charge in [0.1, 0.15) is 5.75 Å². The third kappa shape index (κ3) is 2.68. The minimum Gasteiger partial charge on any atom is -0.497 e. The summed E-state index contributed by atoms with van der Waals surface area (Å²) in [6.07, 6.45) is 9.71. The van der Waals surface area contributed by atoms with Crippen LogP contribution in [0.4, 0.5) is 0 Å². The van der Waals surface area contributed by atoms with Crippen molar-refractivity contribution in [1.29, 1.82) is 0 Å². The summed E-state index contributed by atoms with van der Waals surface area (Å²) in [4.78, 5) is 17.3. The molecule has 0 amide bonds. The molecule has 18 heavy (non-hydrogen) atoms. The molecule has 0 saturated carbocycles. The molecule has 1 aromatic heterocycles. The largest absolute Gasteiger partial charge is 0.497 e. The van der Waals surface area contributed by atoms with Crippen LogP contribution in [0.5, 0.6) is 11.5 Å². The van der Waals surface area contributed by atoms with Crippen LogP contribution in [0, 0.1) is 12.5 Å². The van der Waals surface area contributed by atoms with Crippen LogP contribution in [0.3, 0.4) is 0 Å². The molecule has 0 saturated heterocycles. The van der Waals surface area contributed by atoms with E-state index in [1.807, 2.05) is 30.4 Å². The molecule has 0 N–H and O–H groups in total. The molecular weight excluding hydrogens is 232 g/mol. The molecule has 1 heterocycles. The summed E-state index contributed by atoms with van der Waals surface area (Å²) in [6.45, 7) is 0. The monoisotopic (exact) mass is 242 g/mol. The van der Waals surface area contributed by atoms with Crippen molar-refractivity contribution in [2.24, 2.45) is 0 Å². The van der Waals surface area contributed by atoms with Crippen LogP contribution in [0.1, 0.15) is 0 Å². The fourth-order valence-electron chi connectivity index (χ4n) is 1.32. The van der Waals surface area contributed by atoms with E-state index in [9.17, 15) is 0 Å². The van der Waals surface area contributed by atoms with Crippen LogP contribution in [0.15, 0.2) is 36.7 Å². The van der Waals surface area contributed by atoms with Crippen LogP contribution >= 0.6 is 0 Å². The molecule has 0 radical (unpaired) electrons. The Morgan fingerprint density at radius 2 is 1.72 bits per heavy atom. The molecule has 0 aliphatic rings. The highest BCUT2D eigenvalue weighted by Crippen LogP contribution is 2.19. The van der Waals surface area contributed by atoms with Crippen molar-refractivity contribution in [2.75, 3.05) is 7.11 Å². The van der Waals surface area contributed by atoms with E-state index in [4.69, 9.17) is 16.0 Å². The molecule has 0 atom stereocenters. The fraction of sp³-hybridized carbons (Fsp3) is 0.0769. The number of hydrogen-bond donors (Lipinski definition) is 0. The molecular formula is C13H10N2O3. The average Bonchev–Trinajstić information content (AvgIpc) is 2.46. The minimum atomic E-state index is 0.338. The third-order valence-electron chi connectivity index (χ3n) is 2.16. The zero-order chi connectivity index (χ0) is 12.8. The predicted molar refractivity (Wildman–Crippen MR) is 64.6 cm³/mol. The van der Waals surface area contributed by atoms with Crippen LogP contribution in [-0.2, 0) is 4.89 Å². The number of rotatable bonds is 4. The number of nitrogens with zero attached hydrogens (tertiary/aromatic N) is 2. The maximum atomic E-state index is 5.07. The van der Waals surface area contributed by atoms with Gasteiger partial charge in [0, 0.05) is 5.56 Å². The molecule has 0 unspecified atom stereocenters. The van der Waals surface area contributed by atoms with Gasteiger partial charge >= 0.3 is 0 Å². The lowest BCUT2D eigenvalue weighted by Crippen LogP contribution is -1.94. The zero-order valence-electron chi connectivity index (χ0n) is 9.66. The first-order valence-corrected chi connectivity index (χ1v) is 5.09. The van der Waals surface area contributed by atoms with Gasteiger partial charge < -0.3 is 4.74 Å². The number of hydrogen-bond acceptors (Lipinski definition) is 5. The van der Waals surface area contributed by atoms with Gasteiger partial charge in [-0.15, -0.1) is 0 Å². The van der Waals surface area contributed by atoms with E-state index in [2.05, 4.69) is 14.9 Å². The number of terminal acetylenes is 1. The van der Waals surface area contributed by atoms with Crippen LogP contribution < -0.4 is 9.62 Å². The Labute approximate surface area is 104 Å². The first-order chi connectivity index (χ1) is 8.83. The molecule has 0 aliphatic heterocycles. The SMILES string of the molecule is C#COOc1cnc(-c2ccc(OC)cc2)nc1. The van der Waals surface area contributed by atoms with Gasteiger partial charge in [0.2, 0.25) is 5.75 Å². The van der Waals surface area contributed by atoms with Crippen molar-refractivity contribution in [2.45, 2.75) is 0 Å². The van der Waals surface area contributed by atoms with E-state index < -0.39 is 0 Å². The molecule has 2 aromatic rings. The van der Waals surface area contributed by atoms with Crippen LogP contribution in [-0.4, -0.2) is 17.1 Å². The molecule has 0 spiro atoms. The lowest BCUT2D eigenvalue weighted by molar-refractivity contribution is -0.134. The number of benzene rings is 1. The Morgan fingerprint density at radius 1 is 1.06 bits per heavy atom. The van der Waals surface area contributed by atoms with Gasteiger partial charge in [0.15, 0.2) is 11.9 Å². The highest BCUT2D eigenvalue weighted by atomic mass is 17.2. The lowest BCUT2D eigenvalue weighted by Gasteiger charge is -2.03. The third-order valence-corrected chi connectivity index (χ3v) is 2.16. The number of methoxy groups -OCH3 is 1. The smallest absolute Gasteiger partial charge is 0.216 e. The van der Waals surface area contributed by atoms with E-state index in [1.165, 1.54) is 12.4 Å². The van der Waals surface area contributed by atoms with E-state index >= 15 is 0 Å². The van der Waals surface area contributed by atoms with Crippen molar-refractivity contribution in [3.8, 4) is 35.4 Å². The quantitative estimate of drug-likeness (QED) is 0.466. The second-order valence-corrected chi connectivity index (χ2v) is 3.26. The highest BCUT2D eigenvalue weighted by molar-refractivity contribution is 5.56. The maximum absolute atomic E-state index is 5.07. The van der Waals surface area contributed by atoms with Gasteiger partial charge in [-0.2, -0.15) is 0 Å². The molecule has 0 aliphatic carbocycles. The summed E-state index contributed by atoms with van der Waals surface area (Å²) >= 11 is 0. The standard InChI is InChI=1S/C13H10N2O3/c1-3-17-18-12-8-14-13(15-9-12)10-4-6-11(16-2)7-5-10/h1,4-9H,2H3. The Kier molecular flexibility index (Phi) is 3.62. The maximum Gasteiger partial charge on any atom is 0.216 e. The summed E-state index contributed by atoms with van der Waals surface area (Å²) in [5, 5.41) is 0. The van der Waals surface area contributed by atoms with Gasteiger partial charge in [-0.25, -0.2) is 14.9 Å². The van der Waals surface area contributed by atoms with Gasteiger partial charge in [-0.3, -0.25) is 4.89 Å². The Hall–Kier alpha value is -2.74. The zero-order valence-corrected chi connectivity index (χ0v) is 9.66. The first-order valence-electron chi connectivity index (χ1n) is 5.09. The summed E-state index contributed by atoms with van der Waals surface area (Å²) in [5.74, 6) is 1.69. The summed E-state index contributed by atoms with van der Waals surface area (Å²) in [6, 6.07) is 7.41. The van der Waals surface area contributed by atoms with Gasteiger partial charge in [-0.05, 0) is 24.3 Å². The number of aromatic nitrogens is 2. The summed E-state index contributed by atoms with van der Waals surface area (Å²) in [7, 11) is 1.61. The Morgan fingerprint density at radius 3 is 2.28 bits per heavy atom.